The molecule has 0 spiro atoms. The molecule has 2 amide bonds. The summed E-state index contributed by atoms with van der Waals surface area (Å²) in [7, 11) is -4.41. The Morgan fingerprint density at radius 3 is 2.23 bits per heavy atom. The van der Waals surface area contributed by atoms with Gasteiger partial charge in [-0.05, 0) is 65.9 Å². The van der Waals surface area contributed by atoms with Gasteiger partial charge in [0, 0.05) is 25.6 Å². The van der Waals surface area contributed by atoms with Crippen LogP contribution in [0, 0.1) is 18.7 Å². The lowest BCUT2D eigenvalue weighted by Gasteiger charge is -2.34. The first-order valence-electron chi connectivity index (χ1n) is 15.9. The average Bonchev–Trinajstić information content (AvgIpc) is 3.09. The van der Waals surface area contributed by atoms with Crippen molar-refractivity contribution in [2.24, 2.45) is 5.92 Å². The molecule has 4 aromatic rings. The highest BCUT2D eigenvalue weighted by Gasteiger charge is 2.35. The minimum Gasteiger partial charge on any atom is -0.486 e. The van der Waals surface area contributed by atoms with Gasteiger partial charge in [-0.25, -0.2) is 12.8 Å². The van der Waals surface area contributed by atoms with Crippen LogP contribution in [0.2, 0.25) is 0 Å². The number of hydrogen-bond donors (Lipinski definition) is 1. The second kappa shape index (κ2) is 15.3. The molecule has 0 bridgehead atoms. The number of carbonyl (C=O) groups is 2. The van der Waals surface area contributed by atoms with Gasteiger partial charge in [-0.2, -0.15) is 0 Å². The van der Waals surface area contributed by atoms with Crippen LogP contribution in [0.4, 0.5) is 10.1 Å². The highest BCUT2D eigenvalue weighted by Crippen LogP contribution is 2.34. The van der Waals surface area contributed by atoms with Crippen molar-refractivity contribution in [1.82, 2.24) is 10.2 Å². The number of nitrogens with zero attached hydrogens (tertiary/aromatic N) is 2. The van der Waals surface area contributed by atoms with E-state index in [4.69, 9.17) is 9.47 Å². The zero-order valence-corrected chi connectivity index (χ0v) is 28.1. The molecular weight excluding hydrogens is 633 g/mol. The van der Waals surface area contributed by atoms with Crippen LogP contribution in [-0.4, -0.2) is 57.5 Å². The molecule has 48 heavy (non-hydrogen) atoms. The van der Waals surface area contributed by atoms with E-state index < -0.39 is 34.3 Å². The summed E-state index contributed by atoms with van der Waals surface area (Å²) >= 11 is 0. The third-order valence-corrected chi connectivity index (χ3v) is 9.82. The van der Waals surface area contributed by atoms with Crippen molar-refractivity contribution < 1.29 is 31.9 Å². The molecule has 1 atom stereocenters. The number of sulfonamides is 1. The van der Waals surface area contributed by atoms with Crippen LogP contribution in [0.3, 0.4) is 0 Å². The maximum Gasteiger partial charge on any atom is 0.264 e. The van der Waals surface area contributed by atoms with Crippen molar-refractivity contribution in [2.45, 2.75) is 44.7 Å². The molecule has 1 unspecified atom stereocenters. The quantitative estimate of drug-likeness (QED) is 0.201. The fraction of sp³-hybridized carbons (Fsp3) is 0.297. The first-order valence-corrected chi connectivity index (χ1v) is 17.3. The second-order valence-corrected chi connectivity index (χ2v) is 13.9. The van der Waals surface area contributed by atoms with Crippen LogP contribution in [0.25, 0.3) is 0 Å². The molecule has 1 aliphatic rings. The van der Waals surface area contributed by atoms with E-state index in [9.17, 15) is 22.4 Å². The number of carbonyl (C=O) groups excluding carboxylic acids is 2. The third kappa shape index (κ3) is 8.32. The first-order chi connectivity index (χ1) is 23.0. The van der Waals surface area contributed by atoms with E-state index in [1.165, 1.54) is 35.2 Å². The third-order valence-electron chi connectivity index (χ3n) is 8.05. The van der Waals surface area contributed by atoms with Gasteiger partial charge in [0.2, 0.25) is 11.8 Å². The predicted molar refractivity (Wildman–Crippen MR) is 182 cm³/mol. The Bertz CT molecular complexity index is 1830. The molecule has 0 saturated carbocycles. The summed E-state index contributed by atoms with van der Waals surface area (Å²) in [6.45, 7) is 6.26. The smallest absolute Gasteiger partial charge is 0.264 e. The number of halogens is 1. The van der Waals surface area contributed by atoms with Crippen LogP contribution in [0.5, 0.6) is 11.5 Å². The van der Waals surface area contributed by atoms with Crippen LogP contribution in [0.15, 0.2) is 102 Å². The van der Waals surface area contributed by atoms with E-state index >= 15 is 0 Å². The van der Waals surface area contributed by atoms with Gasteiger partial charge in [0.25, 0.3) is 10.0 Å². The number of rotatable bonds is 13. The Morgan fingerprint density at radius 1 is 0.875 bits per heavy atom. The van der Waals surface area contributed by atoms with Crippen molar-refractivity contribution >= 4 is 27.5 Å². The molecule has 5 rings (SSSR count). The molecule has 0 aromatic heterocycles. The van der Waals surface area contributed by atoms with E-state index in [0.717, 1.165) is 33.1 Å². The number of fused-ring (bicyclic) bond motifs is 1. The second-order valence-electron chi connectivity index (χ2n) is 12.1. The van der Waals surface area contributed by atoms with Crippen LogP contribution in [0.1, 0.15) is 30.5 Å². The first kappa shape index (κ1) is 34.4. The fourth-order valence-corrected chi connectivity index (χ4v) is 6.83. The molecule has 0 radical (unpaired) electrons. The molecule has 1 aliphatic heterocycles. The standard InChI is InChI=1S/C37H40FN3O6S/c1-26(2)23-39-37(43)33(21-28-10-5-4-6-11-28)40(24-29-12-8-7-9-27(29)3)36(42)25-41(31-15-13-30(38)14-16-31)48(44,45)32-17-18-34-35(22-32)47-20-19-46-34/h4-18,22,26,33H,19-21,23-25H2,1-3H3,(H,39,43). The summed E-state index contributed by atoms with van der Waals surface area (Å²) in [4.78, 5) is 29.8. The lowest BCUT2D eigenvalue weighted by Crippen LogP contribution is -2.53. The minimum atomic E-state index is -4.41. The van der Waals surface area contributed by atoms with Crippen molar-refractivity contribution in [2.75, 3.05) is 30.6 Å². The number of benzene rings is 4. The minimum absolute atomic E-state index is 0.0550. The van der Waals surface area contributed by atoms with E-state index in [1.54, 1.807) is 0 Å². The van der Waals surface area contributed by atoms with E-state index in [0.29, 0.717) is 18.9 Å². The van der Waals surface area contributed by atoms with Gasteiger partial charge in [-0.1, -0.05) is 68.4 Å². The highest BCUT2D eigenvalue weighted by molar-refractivity contribution is 7.92. The number of aryl methyl sites for hydroxylation is 1. The van der Waals surface area contributed by atoms with Crippen molar-refractivity contribution in [3.63, 3.8) is 0 Å². The summed E-state index contributed by atoms with van der Waals surface area (Å²) < 4.78 is 54.9. The summed E-state index contributed by atoms with van der Waals surface area (Å²) in [6, 6.07) is 25.1. The molecule has 0 fully saturated rings. The highest BCUT2D eigenvalue weighted by atomic mass is 32.2. The molecule has 9 nitrogen and oxygen atoms in total. The molecule has 252 valence electrons. The molecule has 1 heterocycles. The number of anilines is 1. The summed E-state index contributed by atoms with van der Waals surface area (Å²) in [6.07, 6.45) is 0.202. The Morgan fingerprint density at radius 2 is 1.54 bits per heavy atom. The fourth-order valence-electron chi connectivity index (χ4n) is 5.39. The Labute approximate surface area is 281 Å². The molecule has 0 aliphatic carbocycles. The van der Waals surface area contributed by atoms with Crippen molar-refractivity contribution in [3.8, 4) is 11.5 Å². The summed E-state index contributed by atoms with van der Waals surface area (Å²) in [5.41, 5.74) is 2.64. The van der Waals surface area contributed by atoms with Crippen molar-refractivity contribution in [3.05, 3.63) is 120 Å². The van der Waals surface area contributed by atoms with Gasteiger partial charge in [0.15, 0.2) is 11.5 Å². The van der Waals surface area contributed by atoms with Gasteiger partial charge in [-0.15, -0.1) is 0 Å². The average molecular weight is 674 g/mol. The maximum absolute atomic E-state index is 14.6. The topological polar surface area (TPSA) is 105 Å². The number of amides is 2. The van der Waals surface area contributed by atoms with Crippen LogP contribution >= 0.6 is 0 Å². The van der Waals surface area contributed by atoms with Gasteiger partial charge in [0.05, 0.1) is 10.6 Å². The molecular formula is C37H40FN3O6S. The lowest BCUT2D eigenvalue weighted by molar-refractivity contribution is -0.140. The molecule has 1 N–H and O–H groups in total. The molecule has 11 heteroatoms. The predicted octanol–water partition coefficient (Wildman–Crippen LogP) is 5.51. The summed E-state index contributed by atoms with van der Waals surface area (Å²) in [5, 5.41) is 2.98. The monoisotopic (exact) mass is 673 g/mol. The Balaban J connectivity index is 1.57. The largest absolute Gasteiger partial charge is 0.486 e. The normalized spacial score (nSPS) is 13.1. The SMILES string of the molecule is Cc1ccccc1CN(C(=O)CN(c1ccc(F)cc1)S(=O)(=O)c1ccc2c(c1)OCCO2)C(Cc1ccccc1)C(=O)NCC(C)C. The zero-order chi connectivity index (χ0) is 34.3. The van der Waals surface area contributed by atoms with E-state index in [-0.39, 0.29) is 47.7 Å². The van der Waals surface area contributed by atoms with E-state index in [1.807, 2.05) is 75.4 Å². The maximum atomic E-state index is 14.6. The Kier molecular flexibility index (Phi) is 11.0. The van der Waals surface area contributed by atoms with Gasteiger partial charge in [0.1, 0.15) is 31.6 Å². The van der Waals surface area contributed by atoms with E-state index in [2.05, 4.69) is 5.32 Å². The lowest BCUT2D eigenvalue weighted by atomic mass is 10.0. The molecule has 4 aromatic carbocycles. The zero-order valence-electron chi connectivity index (χ0n) is 27.3. The van der Waals surface area contributed by atoms with Crippen molar-refractivity contribution in [1.29, 1.82) is 0 Å². The Hall–Kier alpha value is -4.90. The van der Waals surface area contributed by atoms with Gasteiger partial charge in [-0.3, -0.25) is 13.9 Å². The summed E-state index contributed by atoms with van der Waals surface area (Å²) in [5.74, 6) is -0.685. The van der Waals surface area contributed by atoms with Crippen LogP contribution in [-0.2, 0) is 32.6 Å². The molecule has 0 saturated heterocycles. The van der Waals surface area contributed by atoms with Gasteiger partial charge < -0.3 is 19.7 Å². The van der Waals surface area contributed by atoms with Gasteiger partial charge >= 0.3 is 0 Å². The van der Waals surface area contributed by atoms with Crippen LogP contribution < -0.4 is 19.1 Å². The number of ether oxygens (including phenoxy) is 2. The number of nitrogens with one attached hydrogen (secondary N) is 1. The number of hydrogen-bond acceptors (Lipinski definition) is 6.